The Bertz CT molecular complexity index is 1250. The zero-order chi connectivity index (χ0) is 52.2. The summed E-state index contributed by atoms with van der Waals surface area (Å²) in [6, 6.07) is -0.648. The minimum absolute atomic E-state index is 0.0307. The Kier molecular flexibility index (Phi) is 59.0. The Morgan fingerprint density at radius 1 is 0.403 bits per heavy atom. The molecule has 0 aromatic carbocycles. The van der Waals surface area contributed by atoms with Crippen molar-refractivity contribution in [2.24, 2.45) is 0 Å². The van der Waals surface area contributed by atoms with Crippen molar-refractivity contribution in [3.63, 3.8) is 0 Å². The van der Waals surface area contributed by atoms with E-state index in [1.807, 2.05) is 6.08 Å². The van der Waals surface area contributed by atoms with Crippen molar-refractivity contribution in [1.82, 2.24) is 5.32 Å². The molecule has 0 aliphatic carbocycles. The Labute approximate surface area is 448 Å². The molecule has 6 heteroatoms. The molecule has 0 heterocycles. The molecule has 1 amide bonds. The Morgan fingerprint density at radius 2 is 0.736 bits per heavy atom. The van der Waals surface area contributed by atoms with E-state index in [4.69, 9.17) is 4.74 Å². The zero-order valence-corrected chi connectivity index (χ0v) is 47.9. The number of amides is 1. The number of rotatable bonds is 58. The van der Waals surface area contributed by atoms with E-state index in [9.17, 15) is 19.8 Å². The van der Waals surface area contributed by atoms with Gasteiger partial charge in [0.25, 0.3) is 0 Å². The van der Waals surface area contributed by atoms with Gasteiger partial charge >= 0.3 is 5.97 Å². The number of hydrogen-bond donors (Lipinski definition) is 3. The molecule has 0 fully saturated rings. The van der Waals surface area contributed by atoms with Crippen LogP contribution in [0, 0.1) is 0 Å². The van der Waals surface area contributed by atoms with Gasteiger partial charge in [-0.05, 0) is 96.3 Å². The van der Waals surface area contributed by atoms with Crippen LogP contribution in [-0.4, -0.2) is 47.4 Å². The SMILES string of the molecule is CCCCC/C=C\C/C=C\CCCCCCCCCC(=O)OCCCCC/C=C\C=C/CCCCCCCCC(=O)NC(CO)C(O)/C=C/CCCCCCCCCCCCCCCCCCCCCCC. The molecule has 0 saturated carbocycles. The number of carbonyl (C=O) groups excluding carboxylic acids is 2. The summed E-state index contributed by atoms with van der Waals surface area (Å²) < 4.78 is 5.45. The lowest BCUT2D eigenvalue weighted by Gasteiger charge is -2.20. The number of ether oxygens (including phenoxy) is 1. The number of unbranched alkanes of at least 4 members (excludes halogenated alkanes) is 40. The predicted octanol–water partition coefficient (Wildman–Crippen LogP) is 19.9. The molecule has 0 aromatic rings. The number of esters is 1. The maximum absolute atomic E-state index is 12.5. The van der Waals surface area contributed by atoms with Gasteiger partial charge in [0.1, 0.15) is 0 Å². The van der Waals surface area contributed by atoms with E-state index in [1.54, 1.807) is 6.08 Å². The van der Waals surface area contributed by atoms with Crippen LogP contribution in [-0.2, 0) is 14.3 Å². The maximum atomic E-state index is 12.5. The fourth-order valence-corrected chi connectivity index (χ4v) is 9.42. The standard InChI is InChI=1S/C66H121NO5/c1-3-5-7-9-11-13-15-17-19-21-22-23-24-25-26-28-30-34-38-42-46-50-54-58-64(69)63(62-68)67-65(70)59-55-51-47-43-39-35-31-29-33-37-41-45-49-53-57-61-72-66(71)60-56-52-48-44-40-36-32-27-20-18-16-14-12-10-8-6-4-2/h12,14,18,20,29,33,37,41,54,58,63-64,68-69H,3-11,13,15-17,19,21-28,30-32,34-36,38-40,42-53,55-57,59-62H2,1-2H3,(H,67,70)/b14-12-,20-18-,33-29-,41-37-,58-54+. The van der Waals surface area contributed by atoms with Gasteiger partial charge in [-0.25, -0.2) is 0 Å². The van der Waals surface area contributed by atoms with Crippen molar-refractivity contribution in [1.29, 1.82) is 0 Å². The van der Waals surface area contributed by atoms with Gasteiger partial charge in [-0.2, -0.15) is 0 Å². The minimum atomic E-state index is -0.862. The van der Waals surface area contributed by atoms with E-state index < -0.39 is 12.1 Å². The van der Waals surface area contributed by atoms with Crippen LogP contribution in [0.5, 0.6) is 0 Å². The smallest absolute Gasteiger partial charge is 0.305 e. The fourth-order valence-electron chi connectivity index (χ4n) is 9.42. The average Bonchev–Trinajstić information content (AvgIpc) is 3.38. The van der Waals surface area contributed by atoms with Crippen molar-refractivity contribution in [2.45, 2.75) is 334 Å². The van der Waals surface area contributed by atoms with E-state index in [1.165, 1.54) is 212 Å². The first-order chi connectivity index (χ1) is 35.5. The summed E-state index contributed by atoms with van der Waals surface area (Å²) in [5, 5.41) is 23.2. The van der Waals surface area contributed by atoms with Crippen LogP contribution in [0.3, 0.4) is 0 Å². The van der Waals surface area contributed by atoms with Crippen LogP contribution in [0.15, 0.2) is 60.8 Å². The van der Waals surface area contributed by atoms with Crippen molar-refractivity contribution in [3.05, 3.63) is 60.8 Å². The van der Waals surface area contributed by atoms with Crippen LogP contribution in [0.1, 0.15) is 322 Å². The number of nitrogens with one attached hydrogen (secondary N) is 1. The number of carbonyl (C=O) groups is 2. The lowest BCUT2D eigenvalue weighted by molar-refractivity contribution is -0.143. The minimum Gasteiger partial charge on any atom is -0.466 e. The summed E-state index contributed by atoms with van der Waals surface area (Å²) >= 11 is 0. The van der Waals surface area contributed by atoms with Crippen molar-refractivity contribution >= 4 is 11.9 Å². The van der Waals surface area contributed by atoms with Crippen LogP contribution < -0.4 is 5.32 Å². The summed E-state index contributed by atoms with van der Waals surface area (Å²) in [7, 11) is 0. The van der Waals surface area contributed by atoms with Gasteiger partial charge in [-0.1, -0.05) is 274 Å². The molecule has 0 aromatic heterocycles. The van der Waals surface area contributed by atoms with Crippen LogP contribution >= 0.6 is 0 Å². The van der Waals surface area contributed by atoms with E-state index >= 15 is 0 Å². The van der Waals surface area contributed by atoms with E-state index in [-0.39, 0.29) is 18.5 Å². The molecule has 72 heavy (non-hydrogen) atoms. The molecule has 2 atom stereocenters. The highest BCUT2D eigenvalue weighted by Gasteiger charge is 2.18. The molecule has 0 rings (SSSR count). The molecule has 0 spiro atoms. The highest BCUT2D eigenvalue weighted by Crippen LogP contribution is 2.17. The van der Waals surface area contributed by atoms with Gasteiger partial charge in [0.05, 0.1) is 25.4 Å². The van der Waals surface area contributed by atoms with E-state index in [0.717, 1.165) is 83.5 Å². The van der Waals surface area contributed by atoms with Crippen LogP contribution in [0.25, 0.3) is 0 Å². The third-order valence-electron chi connectivity index (χ3n) is 14.3. The van der Waals surface area contributed by atoms with E-state index in [0.29, 0.717) is 19.4 Å². The normalized spacial score (nSPS) is 13.0. The summed E-state index contributed by atoms with van der Waals surface area (Å²) in [5.74, 6) is -0.120. The number of hydrogen-bond acceptors (Lipinski definition) is 5. The molecule has 2 unspecified atom stereocenters. The molecule has 6 nitrogen and oxygen atoms in total. The highest BCUT2D eigenvalue weighted by molar-refractivity contribution is 5.76. The van der Waals surface area contributed by atoms with Gasteiger partial charge in [0.15, 0.2) is 0 Å². The first kappa shape index (κ1) is 69.6. The first-order valence-electron chi connectivity index (χ1n) is 31.6. The zero-order valence-electron chi connectivity index (χ0n) is 47.9. The quantitative estimate of drug-likeness (QED) is 0.0244. The van der Waals surface area contributed by atoms with Crippen LogP contribution in [0.4, 0.5) is 0 Å². The lowest BCUT2D eigenvalue weighted by atomic mass is 10.0. The molecular formula is C66H121NO5. The summed E-state index contributed by atoms with van der Waals surface area (Å²) in [4.78, 5) is 24.6. The van der Waals surface area contributed by atoms with Gasteiger partial charge in [0.2, 0.25) is 5.91 Å². The Balaban J connectivity index is 3.55. The van der Waals surface area contributed by atoms with Crippen molar-refractivity contribution in [2.75, 3.05) is 13.2 Å². The summed E-state index contributed by atoms with van der Waals surface area (Å²) in [5.41, 5.74) is 0. The fraction of sp³-hybridized carbons (Fsp3) is 0.818. The van der Waals surface area contributed by atoms with Crippen molar-refractivity contribution in [3.8, 4) is 0 Å². The molecule has 0 aliphatic rings. The van der Waals surface area contributed by atoms with Gasteiger partial charge in [-0.15, -0.1) is 0 Å². The largest absolute Gasteiger partial charge is 0.466 e. The molecule has 0 aliphatic heterocycles. The number of aliphatic hydroxyl groups is 2. The van der Waals surface area contributed by atoms with Crippen LogP contribution in [0.2, 0.25) is 0 Å². The van der Waals surface area contributed by atoms with Gasteiger partial charge < -0.3 is 20.3 Å². The van der Waals surface area contributed by atoms with Gasteiger partial charge in [0, 0.05) is 12.8 Å². The predicted molar refractivity (Wildman–Crippen MR) is 315 cm³/mol. The third-order valence-corrected chi connectivity index (χ3v) is 14.3. The average molecular weight is 1010 g/mol. The van der Waals surface area contributed by atoms with Crippen molar-refractivity contribution < 1.29 is 24.5 Å². The number of aliphatic hydroxyl groups excluding tert-OH is 2. The lowest BCUT2D eigenvalue weighted by Crippen LogP contribution is -2.45. The second kappa shape index (κ2) is 61.1. The molecule has 0 saturated heterocycles. The maximum Gasteiger partial charge on any atom is 0.305 e. The second-order valence-corrected chi connectivity index (χ2v) is 21.4. The van der Waals surface area contributed by atoms with Gasteiger partial charge in [-0.3, -0.25) is 9.59 Å². The second-order valence-electron chi connectivity index (χ2n) is 21.4. The Morgan fingerprint density at radius 3 is 1.17 bits per heavy atom. The Hall–Kier alpha value is -2.44. The molecule has 0 bridgehead atoms. The first-order valence-corrected chi connectivity index (χ1v) is 31.6. The number of allylic oxidation sites excluding steroid dienone is 9. The molecule has 3 N–H and O–H groups in total. The highest BCUT2D eigenvalue weighted by atomic mass is 16.5. The summed E-state index contributed by atoms with van der Waals surface area (Å²) in [6.07, 6.45) is 79.7. The molecule has 0 radical (unpaired) electrons. The topological polar surface area (TPSA) is 95.9 Å². The molecule has 420 valence electrons. The third kappa shape index (κ3) is 56.8. The monoisotopic (exact) mass is 1010 g/mol. The van der Waals surface area contributed by atoms with E-state index in [2.05, 4.69) is 67.8 Å². The molecular weight excluding hydrogens is 887 g/mol. The summed E-state index contributed by atoms with van der Waals surface area (Å²) in [6.45, 7) is 4.83.